The normalized spacial score (nSPS) is 14.5. The lowest BCUT2D eigenvalue weighted by atomic mass is 9.80. The van der Waals surface area contributed by atoms with Gasteiger partial charge in [0.1, 0.15) is 0 Å². The highest BCUT2D eigenvalue weighted by Crippen LogP contribution is 2.45. The van der Waals surface area contributed by atoms with Gasteiger partial charge in [0.05, 0.1) is 5.41 Å². The van der Waals surface area contributed by atoms with Crippen LogP contribution in [0.15, 0.2) is 0 Å². The average Bonchev–Trinajstić information content (AvgIpc) is 1.86. The van der Waals surface area contributed by atoms with Gasteiger partial charge in [0.25, 0.3) is 5.92 Å². The Morgan fingerprint density at radius 1 is 1.00 bits per heavy atom. The summed E-state index contributed by atoms with van der Waals surface area (Å²) in [4.78, 5) is 0. The smallest absolute Gasteiger partial charge is 0.210 e. The minimum atomic E-state index is -3.33. The van der Waals surface area contributed by atoms with E-state index in [0.29, 0.717) is 0 Å². The molecule has 0 aromatic heterocycles. The molecule has 0 bridgehead atoms. The highest BCUT2D eigenvalue weighted by Gasteiger charge is 2.54. The van der Waals surface area contributed by atoms with Crippen molar-refractivity contribution in [1.82, 2.24) is 0 Å². The molecule has 0 rings (SSSR count). The van der Waals surface area contributed by atoms with E-state index in [-0.39, 0.29) is 0 Å². The third kappa shape index (κ3) is 1.72. The molecule has 0 amide bonds. The third-order valence-electron chi connectivity index (χ3n) is 2.13. The largest absolute Gasteiger partial charge is 0.260 e. The van der Waals surface area contributed by atoms with Crippen LogP contribution in [0.1, 0.15) is 27.7 Å². The second kappa shape index (κ2) is 3.23. The molecule has 0 saturated heterocycles. The van der Waals surface area contributed by atoms with Crippen LogP contribution in [0.25, 0.3) is 0 Å². The first-order valence-electron chi connectivity index (χ1n) is 3.80. The van der Waals surface area contributed by atoms with Crippen molar-refractivity contribution in [2.45, 2.75) is 40.0 Å². The van der Waals surface area contributed by atoms with Crippen LogP contribution in [-0.4, -0.2) is 12.3 Å². The van der Waals surface area contributed by atoms with Gasteiger partial charge in [-0.3, -0.25) is 0 Å². The fourth-order valence-corrected chi connectivity index (χ4v) is 0.889. The van der Waals surface area contributed by atoms with Gasteiger partial charge in [-0.25, -0.2) is 17.6 Å². The molecule has 0 atom stereocenters. The molecule has 0 aliphatic rings. The summed E-state index contributed by atoms with van der Waals surface area (Å²) in [6.45, 7) is 4.25. The Labute approximate surface area is 70.0 Å². The maximum atomic E-state index is 13.1. The summed E-state index contributed by atoms with van der Waals surface area (Å²) in [5, 5.41) is 0. The van der Waals surface area contributed by atoms with E-state index in [4.69, 9.17) is 0 Å². The molecule has 0 fully saturated rings. The minimum absolute atomic E-state index is 0.887. The first kappa shape index (κ1) is 11.7. The van der Waals surface area contributed by atoms with Gasteiger partial charge in [0.2, 0.25) is 6.43 Å². The van der Waals surface area contributed by atoms with Gasteiger partial charge < -0.3 is 0 Å². The number of hydrogen-bond acceptors (Lipinski definition) is 0. The lowest BCUT2D eigenvalue weighted by Crippen LogP contribution is -2.45. The Bertz CT molecular complexity index is 131. The average molecular weight is 186 g/mol. The summed E-state index contributed by atoms with van der Waals surface area (Å²) in [5.74, 6) is -4.40. The molecule has 0 nitrogen and oxygen atoms in total. The summed E-state index contributed by atoms with van der Waals surface area (Å²) in [6.07, 6.45) is -3.00. The second-order valence-electron chi connectivity index (χ2n) is 3.80. The van der Waals surface area contributed by atoms with Crippen molar-refractivity contribution in [3.8, 4) is 0 Å². The number of rotatable bonds is 3. The van der Waals surface area contributed by atoms with E-state index in [1.165, 1.54) is 13.8 Å². The van der Waals surface area contributed by atoms with Gasteiger partial charge in [-0.1, -0.05) is 13.8 Å². The van der Waals surface area contributed by atoms with Gasteiger partial charge in [0, 0.05) is 5.92 Å². The zero-order valence-electron chi connectivity index (χ0n) is 7.67. The van der Waals surface area contributed by atoms with E-state index in [0.717, 1.165) is 13.8 Å². The molecule has 12 heavy (non-hydrogen) atoms. The Morgan fingerprint density at radius 2 is 1.33 bits per heavy atom. The summed E-state index contributed by atoms with van der Waals surface area (Å²) in [7, 11) is 0. The molecule has 74 valence electrons. The van der Waals surface area contributed by atoms with Gasteiger partial charge in [-0.05, 0) is 13.8 Å². The molecular weight excluding hydrogens is 172 g/mol. The van der Waals surface area contributed by atoms with E-state index in [1.807, 2.05) is 0 Å². The van der Waals surface area contributed by atoms with E-state index < -0.39 is 23.7 Å². The van der Waals surface area contributed by atoms with Crippen LogP contribution >= 0.6 is 0 Å². The van der Waals surface area contributed by atoms with Crippen molar-refractivity contribution >= 4 is 0 Å². The lowest BCUT2D eigenvalue weighted by Gasteiger charge is -2.35. The van der Waals surface area contributed by atoms with Crippen LogP contribution in [0.3, 0.4) is 0 Å². The van der Waals surface area contributed by atoms with E-state index in [1.54, 1.807) is 0 Å². The first-order chi connectivity index (χ1) is 5.14. The quantitative estimate of drug-likeness (QED) is 0.591. The van der Waals surface area contributed by atoms with E-state index >= 15 is 0 Å². The lowest BCUT2D eigenvalue weighted by molar-refractivity contribution is -0.192. The Kier molecular flexibility index (Phi) is 3.15. The zero-order chi connectivity index (χ0) is 10.2. The van der Waals surface area contributed by atoms with Crippen LogP contribution in [0, 0.1) is 11.3 Å². The van der Waals surface area contributed by atoms with Crippen molar-refractivity contribution in [2.75, 3.05) is 0 Å². The molecule has 0 N–H and O–H groups in total. The van der Waals surface area contributed by atoms with Crippen molar-refractivity contribution in [3.63, 3.8) is 0 Å². The topological polar surface area (TPSA) is 0 Å². The SMILES string of the molecule is CC(C)C(F)(F)C(C)(C)C(F)F. The summed E-state index contributed by atoms with van der Waals surface area (Å²) in [5.41, 5.74) is -2.25. The highest BCUT2D eigenvalue weighted by molar-refractivity contribution is 4.89. The molecule has 0 unspecified atom stereocenters. The van der Waals surface area contributed by atoms with E-state index in [9.17, 15) is 17.6 Å². The van der Waals surface area contributed by atoms with Gasteiger partial charge in [-0.2, -0.15) is 0 Å². The Balaban J connectivity index is 4.75. The standard InChI is InChI=1S/C8H14F4/c1-5(2)8(11,12)7(3,4)6(9)10/h5-6H,1-4H3. The van der Waals surface area contributed by atoms with Crippen molar-refractivity contribution in [1.29, 1.82) is 0 Å². The van der Waals surface area contributed by atoms with E-state index in [2.05, 4.69) is 0 Å². The van der Waals surface area contributed by atoms with Crippen LogP contribution in [0.2, 0.25) is 0 Å². The molecule has 0 aliphatic carbocycles. The van der Waals surface area contributed by atoms with Crippen molar-refractivity contribution < 1.29 is 17.6 Å². The van der Waals surface area contributed by atoms with Crippen LogP contribution < -0.4 is 0 Å². The molecule has 0 aromatic carbocycles. The summed E-state index contributed by atoms with van der Waals surface area (Å²) < 4.78 is 50.6. The fraction of sp³-hybridized carbons (Fsp3) is 1.00. The highest BCUT2D eigenvalue weighted by atomic mass is 19.3. The molecule has 4 heteroatoms. The maximum Gasteiger partial charge on any atom is 0.260 e. The van der Waals surface area contributed by atoms with Crippen LogP contribution in [0.5, 0.6) is 0 Å². The fourth-order valence-electron chi connectivity index (χ4n) is 0.889. The minimum Gasteiger partial charge on any atom is -0.210 e. The number of halogens is 4. The third-order valence-corrected chi connectivity index (χ3v) is 2.13. The molecule has 0 saturated carbocycles. The molecular formula is C8H14F4. The monoisotopic (exact) mass is 186 g/mol. The maximum absolute atomic E-state index is 13.1. The van der Waals surface area contributed by atoms with Crippen molar-refractivity contribution in [3.05, 3.63) is 0 Å². The predicted molar refractivity (Wildman–Crippen MR) is 39.6 cm³/mol. The van der Waals surface area contributed by atoms with Gasteiger partial charge in [0.15, 0.2) is 0 Å². The molecule has 0 radical (unpaired) electrons. The number of alkyl halides is 4. The summed E-state index contributed by atoms with van der Waals surface area (Å²) >= 11 is 0. The first-order valence-corrected chi connectivity index (χ1v) is 3.80. The molecule has 0 heterocycles. The Hall–Kier alpha value is -0.280. The van der Waals surface area contributed by atoms with Crippen LogP contribution in [0.4, 0.5) is 17.6 Å². The zero-order valence-corrected chi connectivity index (χ0v) is 7.67. The van der Waals surface area contributed by atoms with Crippen molar-refractivity contribution in [2.24, 2.45) is 11.3 Å². The van der Waals surface area contributed by atoms with Crippen LogP contribution in [-0.2, 0) is 0 Å². The predicted octanol–water partition coefficient (Wildman–Crippen LogP) is 3.57. The van der Waals surface area contributed by atoms with Gasteiger partial charge in [-0.15, -0.1) is 0 Å². The number of hydrogen-bond donors (Lipinski definition) is 0. The van der Waals surface area contributed by atoms with Gasteiger partial charge >= 0.3 is 0 Å². The molecule has 0 aliphatic heterocycles. The Morgan fingerprint density at radius 3 is 1.42 bits per heavy atom. The molecule has 0 spiro atoms. The molecule has 0 aromatic rings. The second-order valence-corrected chi connectivity index (χ2v) is 3.80. The summed E-state index contributed by atoms with van der Waals surface area (Å²) in [6, 6.07) is 0.